The van der Waals surface area contributed by atoms with Crippen LogP contribution in [0.3, 0.4) is 0 Å². The highest BCUT2D eigenvalue weighted by Crippen LogP contribution is 2.49. The van der Waals surface area contributed by atoms with Gasteiger partial charge in [0.1, 0.15) is 0 Å². The summed E-state index contributed by atoms with van der Waals surface area (Å²) < 4.78 is 7.82. The van der Waals surface area contributed by atoms with E-state index in [0.717, 1.165) is 27.3 Å². The number of aromatic nitrogens is 1. The molecule has 0 aliphatic carbocycles. The fraction of sp³-hybridized carbons (Fsp3) is 0.400. The van der Waals surface area contributed by atoms with Crippen molar-refractivity contribution in [1.82, 2.24) is 0 Å². The molecule has 2 aromatic rings. The summed E-state index contributed by atoms with van der Waals surface area (Å²) in [5, 5.41) is 2.00. The van der Waals surface area contributed by atoms with Crippen LogP contribution in [0.2, 0.25) is 0 Å². The van der Waals surface area contributed by atoms with Crippen molar-refractivity contribution >= 4 is 22.8 Å². The summed E-state index contributed by atoms with van der Waals surface area (Å²) in [6.07, 6.45) is 0. The summed E-state index contributed by atoms with van der Waals surface area (Å²) in [5.41, 5.74) is 1.07. The SMILES string of the molecule is CC(C)c1sc2c([n+]1N)N(C(C)C)c1ccccc1O2. The molecule has 0 saturated heterocycles. The van der Waals surface area contributed by atoms with Gasteiger partial charge in [-0.25, -0.2) is 4.90 Å². The molecule has 1 aliphatic rings. The van der Waals surface area contributed by atoms with Gasteiger partial charge in [-0.3, -0.25) is 5.84 Å². The van der Waals surface area contributed by atoms with Crippen LogP contribution in [0.5, 0.6) is 10.8 Å². The van der Waals surface area contributed by atoms with Crippen molar-refractivity contribution in [2.24, 2.45) is 0 Å². The van der Waals surface area contributed by atoms with Crippen molar-refractivity contribution < 1.29 is 9.41 Å². The Labute approximate surface area is 123 Å². The number of para-hydroxylation sites is 2. The topological polar surface area (TPSA) is 42.4 Å². The highest BCUT2D eigenvalue weighted by atomic mass is 32.1. The fourth-order valence-corrected chi connectivity index (χ4v) is 3.58. The molecule has 0 radical (unpaired) electrons. The van der Waals surface area contributed by atoms with E-state index in [1.165, 1.54) is 0 Å². The lowest BCUT2D eigenvalue weighted by Gasteiger charge is -2.26. The molecule has 0 atom stereocenters. The summed E-state index contributed by atoms with van der Waals surface area (Å²) in [6.45, 7) is 8.62. The van der Waals surface area contributed by atoms with Gasteiger partial charge in [-0.1, -0.05) is 37.3 Å². The third kappa shape index (κ3) is 1.85. The number of thiazole rings is 1. The van der Waals surface area contributed by atoms with Gasteiger partial charge in [0.2, 0.25) is 0 Å². The number of hydrogen-bond donors (Lipinski definition) is 1. The summed E-state index contributed by atoms with van der Waals surface area (Å²) in [4.78, 5) is 2.25. The molecule has 2 N–H and O–H groups in total. The number of hydrogen-bond acceptors (Lipinski definition) is 4. The maximum atomic E-state index is 6.32. The zero-order valence-corrected chi connectivity index (χ0v) is 13.1. The van der Waals surface area contributed by atoms with Gasteiger partial charge in [0.15, 0.2) is 16.4 Å². The van der Waals surface area contributed by atoms with Crippen LogP contribution in [0, 0.1) is 0 Å². The number of nitrogen functional groups attached to an aromatic ring is 1. The molecule has 0 amide bonds. The lowest BCUT2D eigenvalue weighted by molar-refractivity contribution is -0.629. The molecule has 1 aromatic carbocycles. The maximum absolute atomic E-state index is 6.32. The van der Waals surface area contributed by atoms with Crippen LogP contribution in [0.25, 0.3) is 0 Å². The Morgan fingerprint density at radius 3 is 2.55 bits per heavy atom. The summed E-state index contributed by atoms with van der Waals surface area (Å²) >= 11 is 1.63. The largest absolute Gasteiger partial charge is 0.434 e. The molecule has 0 spiro atoms. The normalized spacial score (nSPS) is 13.4. The van der Waals surface area contributed by atoms with Crippen LogP contribution in [0.15, 0.2) is 24.3 Å². The van der Waals surface area contributed by atoms with Crippen molar-refractivity contribution in [1.29, 1.82) is 0 Å². The molecule has 3 rings (SSSR count). The second-order valence-electron chi connectivity index (χ2n) is 5.61. The van der Waals surface area contributed by atoms with Crippen LogP contribution < -0.4 is 20.2 Å². The van der Waals surface area contributed by atoms with Gasteiger partial charge in [0, 0.05) is 5.92 Å². The molecular formula is C15H20N3OS+. The van der Waals surface area contributed by atoms with Crippen molar-refractivity contribution in [2.75, 3.05) is 10.7 Å². The van der Waals surface area contributed by atoms with E-state index >= 15 is 0 Å². The van der Waals surface area contributed by atoms with E-state index < -0.39 is 0 Å². The van der Waals surface area contributed by atoms with Gasteiger partial charge in [0.25, 0.3) is 5.06 Å². The van der Waals surface area contributed by atoms with Crippen LogP contribution in [-0.2, 0) is 0 Å². The van der Waals surface area contributed by atoms with Gasteiger partial charge in [0.05, 0.1) is 6.04 Å². The molecule has 0 saturated carbocycles. The van der Waals surface area contributed by atoms with Crippen molar-refractivity contribution in [2.45, 2.75) is 39.7 Å². The summed E-state index contributed by atoms with van der Waals surface area (Å²) in [7, 11) is 0. The third-order valence-electron chi connectivity index (χ3n) is 3.41. The fourth-order valence-electron chi connectivity index (χ4n) is 2.55. The molecule has 2 heterocycles. The monoisotopic (exact) mass is 290 g/mol. The van der Waals surface area contributed by atoms with Gasteiger partial charge >= 0.3 is 5.82 Å². The summed E-state index contributed by atoms with van der Waals surface area (Å²) in [6, 6.07) is 8.41. The summed E-state index contributed by atoms with van der Waals surface area (Å²) in [5.74, 6) is 8.53. The van der Waals surface area contributed by atoms with E-state index in [1.807, 2.05) is 18.2 Å². The van der Waals surface area contributed by atoms with Gasteiger partial charge in [-0.15, -0.1) is 4.68 Å². The molecule has 0 bridgehead atoms. The number of rotatable bonds is 2. The first-order valence-corrected chi connectivity index (χ1v) is 7.72. The average molecular weight is 290 g/mol. The first-order chi connectivity index (χ1) is 9.50. The lowest BCUT2D eigenvalue weighted by atomic mass is 10.2. The number of anilines is 2. The van der Waals surface area contributed by atoms with Gasteiger partial charge in [-0.05, 0) is 26.0 Å². The molecule has 20 heavy (non-hydrogen) atoms. The second-order valence-corrected chi connectivity index (χ2v) is 6.60. The number of nitrogens with two attached hydrogens (primary N) is 1. The quantitative estimate of drug-likeness (QED) is 0.679. The minimum absolute atomic E-state index is 0.309. The number of benzene rings is 1. The second kappa shape index (κ2) is 4.66. The molecule has 1 aromatic heterocycles. The van der Waals surface area contributed by atoms with Crippen molar-refractivity contribution in [3.63, 3.8) is 0 Å². The van der Waals surface area contributed by atoms with Crippen molar-refractivity contribution in [3.8, 4) is 10.8 Å². The minimum atomic E-state index is 0.309. The molecule has 0 fully saturated rings. The maximum Gasteiger partial charge on any atom is 0.361 e. The average Bonchev–Trinajstić information content (AvgIpc) is 2.73. The Bertz CT molecular complexity index is 649. The Balaban J connectivity index is 2.22. The molecule has 1 aliphatic heterocycles. The lowest BCUT2D eigenvalue weighted by Crippen LogP contribution is -2.51. The standard InChI is InChI=1S/C15H20N3OS/c1-9(2)14-18(16)13-15(20-14)19-12-8-6-5-7-11(12)17(13)10(3)4/h5-10H,16H2,1-4H3/q+1. The highest BCUT2D eigenvalue weighted by molar-refractivity contribution is 7.13. The molecule has 5 heteroatoms. The zero-order valence-electron chi connectivity index (χ0n) is 12.3. The molecular weight excluding hydrogens is 270 g/mol. The Morgan fingerprint density at radius 1 is 1.20 bits per heavy atom. The van der Waals surface area contributed by atoms with Gasteiger partial charge < -0.3 is 4.74 Å². The molecule has 106 valence electrons. The minimum Gasteiger partial charge on any atom is -0.434 e. The van der Waals surface area contributed by atoms with E-state index in [2.05, 4.69) is 38.7 Å². The van der Waals surface area contributed by atoms with Crippen LogP contribution in [-0.4, -0.2) is 6.04 Å². The van der Waals surface area contributed by atoms with Crippen LogP contribution in [0.4, 0.5) is 11.5 Å². The number of nitrogens with zero attached hydrogens (tertiary/aromatic N) is 2. The van der Waals surface area contributed by atoms with Crippen LogP contribution >= 0.6 is 11.3 Å². The van der Waals surface area contributed by atoms with E-state index in [-0.39, 0.29) is 0 Å². The number of ether oxygens (including phenoxy) is 1. The van der Waals surface area contributed by atoms with Crippen LogP contribution in [0.1, 0.15) is 38.6 Å². The van der Waals surface area contributed by atoms with Crippen molar-refractivity contribution in [3.05, 3.63) is 29.3 Å². The van der Waals surface area contributed by atoms with E-state index in [9.17, 15) is 0 Å². The van der Waals surface area contributed by atoms with E-state index in [1.54, 1.807) is 16.0 Å². The Kier molecular flexibility index (Phi) is 3.09. The predicted molar refractivity (Wildman–Crippen MR) is 82.5 cm³/mol. The first-order valence-electron chi connectivity index (χ1n) is 6.90. The van der Waals surface area contributed by atoms with Gasteiger partial charge in [-0.2, -0.15) is 0 Å². The zero-order chi connectivity index (χ0) is 14.4. The smallest absolute Gasteiger partial charge is 0.361 e. The number of fused-ring (bicyclic) bond motifs is 2. The highest BCUT2D eigenvalue weighted by Gasteiger charge is 2.40. The first kappa shape index (κ1) is 13.2. The van der Waals surface area contributed by atoms with E-state index in [0.29, 0.717) is 12.0 Å². The molecule has 0 unspecified atom stereocenters. The Morgan fingerprint density at radius 2 is 1.90 bits per heavy atom. The molecule has 4 nitrogen and oxygen atoms in total. The predicted octanol–water partition coefficient (Wildman–Crippen LogP) is 3.53. The Hall–Kier alpha value is -1.75. The van der Waals surface area contributed by atoms with E-state index in [4.69, 9.17) is 10.6 Å². The third-order valence-corrected chi connectivity index (χ3v) is 4.74.